The zero-order valence-electron chi connectivity index (χ0n) is 15.4. The zero-order chi connectivity index (χ0) is 18.0. The van der Waals surface area contributed by atoms with Crippen LogP contribution in [0.25, 0.3) is 10.8 Å². The summed E-state index contributed by atoms with van der Waals surface area (Å²) in [6.45, 7) is 6.76. The number of fused-ring (bicyclic) bond motifs is 1. The molecule has 0 N–H and O–H groups in total. The molecule has 0 saturated heterocycles. The second-order valence-corrected chi connectivity index (χ2v) is 6.41. The van der Waals surface area contributed by atoms with Gasteiger partial charge in [0.25, 0.3) is 0 Å². The summed E-state index contributed by atoms with van der Waals surface area (Å²) in [6, 6.07) is 14.3. The van der Waals surface area contributed by atoms with E-state index in [1.165, 1.54) is 5.56 Å². The van der Waals surface area contributed by atoms with Crippen LogP contribution < -0.4 is 4.90 Å². The Morgan fingerprint density at radius 2 is 1.84 bits per heavy atom. The molecule has 0 radical (unpaired) electrons. The summed E-state index contributed by atoms with van der Waals surface area (Å²) < 4.78 is 1.89. The number of nitrogens with zero attached hydrogens (tertiary/aromatic N) is 3. The van der Waals surface area contributed by atoms with Crippen LogP contribution in [0.15, 0.2) is 42.5 Å². The molecule has 2 aromatic carbocycles. The van der Waals surface area contributed by atoms with Crippen molar-refractivity contribution in [1.82, 2.24) is 9.78 Å². The smallest absolute Gasteiger partial charge is 0.227 e. The van der Waals surface area contributed by atoms with Gasteiger partial charge in [-0.05, 0) is 44.2 Å². The molecule has 0 atom stereocenters. The summed E-state index contributed by atoms with van der Waals surface area (Å²) in [5.41, 5.74) is 4.33. The molecule has 1 heterocycles. The summed E-state index contributed by atoms with van der Waals surface area (Å²) in [5, 5.41) is 6.72. The molecule has 3 rings (SSSR count). The van der Waals surface area contributed by atoms with Crippen LogP contribution in [0, 0.1) is 13.8 Å². The fourth-order valence-corrected chi connectivity index (χ4v) is 3.47. The molecule has 0 aliphatic heterocycles. The highest BCUT2D eigenvalue weighted by Gasteiger charge is 2.18. The first-order valence-corrected chi connectivity index (χ1v) is 8.80. The molecule has 0 bridgehead atoms. The van der Waals surface area contributed by atoms with Crippen LogP contribution in [0.5, 0.6) is 0 Å². The van der Waals surface area contributed by atoms with Crippen molar-refractivity contribution in [3.05, 3.63) is 59.4 Å². The van der Waals surface area contributed by atoms with Crippen molar-refractivity contribution in [3.63, 3.8) is 0 Å². The van der Waals surface area contributed by atoms with Crippen molar-refractivity contribution in [1.29, 1.82) is 0 Å². The highest BCUT2D eigenvalue weighted by molar-refractivity contribution is 6.03. The van der Waals surface area contributed by atoms with Crippen LogP contribution >= 0.6 is 0 Å². The minimum atomic E-state index is 0.154. The molecular weight excluding hydrogens is 310 g/mol. The number of carbonyl (C=O) groups is 1. The molecule has 4 heteroatoms. The number of hydrogen-bond acceptors (Lipinski definition) is 2. The normalized spacial score (nSPS) is 11.0. The van der Waals surface area contributed by atoms with Gasteiger partial charge in [0, 0.05) is 31.1 Å². The van der Waals surface area contributed by atoms with Crippen molar-refractivity contribution >= 4 is 22.4 Å². The van der Waals surface area contributed by atoms with Crippen molar-refractivity contribution in [2.75, 3.05) is 11.4 Å². The van der Waals surface area contributed by atoms with Gasteiger partial charge in [0.1, 0.15) is 0 Å². The fourth-order valence-electron chi connectivity index (χ4n) is 3.47. The maximum Gasteiger partial charge on any atom is 0.227 e. The van der Waals surface area contributed by atoms with E-state index in [0.717, 1.165) is 34.3 Å². The summed E-state index contributed by atoms with van der Waals surface area (Å²) >= 11 is 0. The lowest BCUT2D eigenvalue weighted by Crippen LogP contribution is -2.31. The van der Waals surface area contributed by atoms with Gasteiger partial charge in [-0.2, -0.15) is 5.10 Å². The van der Waals surface area contributed by atoms with E-state index in [9.17, 15) is 4.79 Å². The fraction of sp³-hybridized carbons (Fsp3) is 0.333. The third kappa shape index (κ3) is 3.29. The SMILES string of the molecule is CCN(C(=O)CCc1c(C)nn(C)c1C)c1cccc2ccccc12. The number of anilines is 1. The number of hydrogen-bond donors (Lipinski definition) is 0. The van der Waals surface area contributed by atoms with Gasteiger partial charge in [-0.3, -0.25) is 9.48 Å². The van der Waals surface area contributed by atoms with Crippen molar-refractivity contribution in [3.8, 4) is 0 Å². The molecule has 25 heavy (non-hydrogen) atoms. The summed E-state index contributed by atoms with van der Waals surface area (Å²) in [4.78, 5) is 14.8. The monoisotopic (exact) mass is 335 g/mol. The van der Waals surface area contributed by atoms with E-state index in [4.69, 9.17) is 0 Å². The van der Waals surface area contributed by atoms with Gasteiger partial charge >= 0.3 is 0 Å². The van der Waals surface area contributed by atoms with Crippen LogP contribution in [0.4, 0.5) is 5.69 Å². The van der Waals surface area contributed by atoms with Crippen LogP contribution in [-0.4, -0.2) is 22.2 Å². The molecule has 0 spiro atoms. The van der Waals surface area contributed by atoms with Gasteiger partial charge in [-0.15, -0.1) is 0 Å². The minimum absolute atomic E-state index is 0.154. The van der Waals surface area contributed by atoms with E-state index >= 15 is 0 Å². The summed E-state index contributed by atoms with van der Waals surface area (Å²) in [5.74, 6) is 0.154. The quantitative estimate of drug-likeness (QED) is 0.702. The lowest BCUT2D eigenvalue weighted by molar-refractivity contribution is -0.118. The van der Waals surface area contributed by atoms with Gasteiger partial charge < -0.3 is 4.90 Å². The number of aromatic nitrogens is 2. The van der Waals surface area contributed by atoms with Gasteiger partial charge in [0.2, 0.25) is 5.91 Å². The van der Waals surface area contributed by atoms with E-state index in [0.29, 0.717) is 13.0 Å². The lowest BCUT2D eigenvalue weighted by atomic mass is 10.1. The Morgan fingerprint density at radius 3 is 2.52 bits per heavy atom. The lowest BCUT2D eigenvalue weighted by Gasteiger charge is -2.23. The highest BCUT2D eigenvalue weighted by Crippen LogP contribution is 2.27. The van der Waals surface area contributed by atoms with Crippen LogP contribution in [0.2, 0.25) is 0 Å². The Balaban J connectivity index is 1.84. The van der Waals surface area contributed by atoms with Gasteiger partial charge in [0.05, 0.1) is 11.4 Å². The molecule has 0 aliphatic carbocycles. The topological polar surface area (TPSA) is 38.1 Å². The average Bonchev–Trinajstić information content (AvgIpc) is 2.86. The molecule has 0 aliphatic rings. The second-order valence-electron chi connectivity index (χ2n) is 6.41. The van der Waals surface area contributed by atoms with Gasteiger partial charge in [0.15, 0.2) is 0 Å². The molecule has 3 aromatic rings. The van der Waals surface area contributed by atoms with E-state index in [2.05, 4.69) is 30.2 Å². The third-order valence-corrected chi connectivity index (χ3v) is 4.92. The first kappa shape index (κ1) is 17.2. The molecule has 0 saturated carbocycles. The van der Waals surface area contributed by atoms with Gasteiger partial charge in [-0.25, -0.2) is 0 Å². The first-order chi connectivity index (χ1) is 12.0. The number of rotatable bonds is 5. The van der Waals surface area contributed by atoms with Crippen LogP contribution in [0.1, 0.15) is 30.3 Å². The molecule has 1 aromatic heterocycles. The van der Waals surface area contributed by atoms with E-state index in [1.807, 2.05) is 54.7 Å². The summed E-state index contributed by atoms with van der Waals surface area (Å²) in [7, 11) is 1.95. The van der Waals surface area contributed by atoms with Gasteiger partial charge in [-0.1, -0.05) is 36.4 Å². The Labute approximate surface area is 149 Å². The Kier molecular flexibility index (Phi) is 4.88. The largest absolute Gasteiger partial charge is 0.312 e. The average molecular weight is 335 g/mol. The van der Waals surface area contributed by atoms with Crippen molar-refractivity contribution in [2.45, 2.75) is 33.6 Å². The highest BCUT2D eigenvalue weighted by atomic mass is 16.2. The second kappa shape index (κ2) is 7.09. The molecule has 4 nitrogen and oxygen atoms in total. The number of benzene rings is 2. The Morgan fingerprint density at radius 1 is 1.12 bits per heavy atom. The molecule has 0 fully saturated rings. The number of aryl methyl sites for hydroxylation is 2. The molecular formula is C21H25N3O. The first-order valence-electron chi connectivity index (χ1n) is 8.80. The third-order valence-electron chi connectivity index (χ3n) is 4.92. The van der Waals surface area contributed by atoms with E-state index < -0.39 is 0 Å². The molecule has 130 valence electrons. The summed E-state index contributed by atoms with van der Waals surface area (Å²) in [6.07, 6.45) is 1.22. The number of carbonyl (C=O) groups excluding carboxylic acids is 1. The van der Waals surface area contributed by atoms with E-state index in [-0.39, 0.29) is 5.91 Å². The Hall–Kier alpha value is -2.62. The predicted molar refractivity (Wildman–Crippen MR) is 103 cm³/mol. The maximum atomic E-state index is 12.9. The standard InChI is InChI=1S/C21H25N3O/c1-5-24(20-12-8-10-17-9-6-7-11-19(17)20)21(25)14-13-18-15(2)22-23(4)16(18)3/h6-12H,5,13-14H2,1-4H3. The number of amides is 1. The predicted octanol–water partition coefficient (Wildman–Crippen LogP) is 4.18. The Bertz CT molecular complexity index is 905. The van der Waals surface area contributed by atoms with Crippen molar-refractivity contribution < 1.29 is 4.79 Å². The maximum absolute atomic E-state index is 12.9. The zero-order valence-corrected chi connectivity index (χ0v) is 15.4. The minimum Gasteiger partial charge on any atom is -0.312 e. The molecule has 0 unspecified atom stereocenters. The van der Waals surface area contributed by atoms with Crippen LogP contribution in [-0.2, 0) is 18.3 Å². The van der Waals surface area contributed by atoms with E-state index in [1.54, 1.807) is 0 Å². The van der Waals surface area contributed by atoms with Crippen LogP contribution in [0.3, 0.4) is 0 Å². The molecule has 1 amide bonds. The van der Waals surface area contributed by atoms with Crippen molar-refractivity contribution in [2.24, 2.45) is 7.05 Å².